The Labute approximate surface area is 144 Å². The summed E-state index contributed by atoms with van der Waals surface area (Å²) in [5, 5.41) is 0. The molecular formula is C18H18F2N2O3. The molecule has 1 aliphatic heterocycles. The fraction of sp³-hybridized carbons (Fsp3) is 0.333. The average molecular weight is 348 g/mol. The molecule has 7 heteroatoms. The van der Waals surface area contributed by atoms with E-state index in [1.165, 1.54) is 13.2 Å². The van der Waals surface area contributed by atoms with Gasteiger partial charge in [0.15, 0.2) is 11.6 Å². The predicted molar refractivity (Wildman–Crippen MR) is 87.9 cm³/mol. The largest absolute Gasteiger partial charge is 0.493 e. The first kappa shape index (κ1) is 17.1. The third-order valence-electron chi connectivity index (χ3n) is 4.14. The number of hydrogen-bond donors (Lipinski definition) is 0. The van der Waals surface area contributed by atoms with Crippen LogP contribution in [0.3, 0.4) is 0 Å². The van der Waals surface area contributed by atoms with Crippen LogP contribution in [0.1, 0.15) is 28.5 Å². The van der Waals surface area contributed by atoms with Crippen molar-refractivity contribution in [3.05, 3.63) is 52.9 Å². The summed E-state index contributed by atoms with van der Waals surface area (Å²) in [7, 11) is 1.30. The number of hydrogen-bond acceptors (Lipinski definition) is 5. The number of nitrogens with zero attached hydrogens (tertiary/aromatic N) is 2. The summed E-state index contributed by atoms with van der Waals surface area (Å²) in [5.41, 5.74) is 2.76. The van der Waals surface area contributed by atoms with Crippen molar-refractivity contribution in [3.8, 4) is 5.75 Å². The molecule has 1 aromatic carbocycles. The Bertz CT molecular complexity index is 811. The smallest absolute Gasteiger partial charge is 0.356 e. The summed E-state index contributed by atoms with van der Waals surface area (Å²) in [6.45, 7) is 3.13. The quantitative estimate of drug-likeness (QED) is 0.795. The number of aromatic nitrogens is 1. The first-order chi connectivity index (χ1) is 12.0. The number of ether oxygens (including phenoxy) is 2. The minimum Gasteiger partial charge on any atom is -0.493 e. The van der Waals surface area contributed by atoms with E-state index in [0.717, 1.165) is 17.2 Å². The lowest BCUT2D eigenvalue weighted by atomic mass is 10.0. The van der Waals surface area contributed by atoms with Gasteiger partial charge in [0.05, 0.1) is 13.7 Å². The van der Waals surface area contributed by atoms with Gasteiger partial charge in [-0.1, -0.05) is 0 Å². The monoisotopic (exact) mass is 348 g/mol. The van der Waals surface area contributed by atoms with E-state index in [0.29, 0.717) is 31.8 Å². The summed E-state index contributed by atoms with van der Waals surface area (Å²) in [4.78, 5) is 17.8. The second kappa shape index (κ2) is 7.04. The van der Waals surface area contributed by atoms with Gasteiger partial charge in [-0.15, -0.1) is 0 Å². The molecule has 5 nitrogen and oxygen atoms in total. The van der Waals surface area contributed by atoms with Gasteiger partial charge in [-0.05, 0) is 30.5 Å². The number of carbonyl (C=O) groups is 1. The number of pyridine rings is 1. The SMILES string of the molecule is CCOC(=O)c1cc2c(cn1)CN(c1cc(F)c(F)c(OC)c1)CC2. The van der Waals surface area contributed by atoms with Crippen molar-refractivity contribution in [1.29, 1.82) is 0 Å². The Kier molecular flexibility index (Phi) is 4.83. The van der Waals surface area contributed by atoms with Crippen molar-refractivity contribution in [2.24, 2.45) is 0 Å². The Morgan fingerprint density at radius 3 is 2.80 bits per heavy atom. The van der Waals surface area contributed by atoms with E-state index >= 15 is 0 Å². The highest BCUT2D eigenvalue weighted by atomic mass is 19.2. The molecule has 25 heavy (non-hydrogen) atoms. The van der Waals surface area contributed by atoms with Crippen molar-refractivity contribution >= 4 is 11.7 Å². The highest BCUT2D eigenvalue weighted by molar-refractivity contribution is 5.87. The average Bonchev–Trinajstić information content (AvgIpc) is 2.63. The van der Waals surface area contributed by atoms with Crippen LogP contribution in [0.25, 0.3) is 0 Å². The minimum atomic E-state index is -0.996. The van der Waals surface area contributed by atoms with Gasteiger partial charge in [-0.25, -0.2) is 14.2 Å². The van der Waals surface area contributed by atoms with Gasteiger partial charge in [-0.3, -0.25) is 0 Å². The normalized spacial score (nSPS) is 13.4. The molecule has 1 aliphatic rings. The molecule has 0 N–H and O–H groups in total. The topological polar surface area (TPSA) is 51.7 Å². The second-order valence-corrected chi connectivity index (χ2v) is 5.67. The van der Waals surface area contributed by atoms with Crippen LogP contribution >= 0.6 is 0 Å². The number of methoxy groups -OCH3 is 1. The molecule has 0 amide bonds. The maximum atomic E-state index is 13.7. The van der Waals surface area contributed by atoms with Crippen LogP contribution in [0.15, 0.2) is 24.4 Å². The predicted octanol–water partition coefficient (Wildman–Crippen LogP) is 3.11. The second-order valence-electron chi connectivity index (χ2n) is 5.67. The van der Waals surface area contributed by atoms with Gasteiger partial charge in [0.2, 0.25) is 5.82 Å². The van der Waals surface area contributed by atoms with E-state index in [-0.39, 0.29) is 11.4 Å². The lowest BCUT2D eigenvalue weighted by Gasteiger charge is -2.31. The summed E-state index contributed by atoms with van der Waals surface area (Å²) in [6, 6.07) is 4.36. The van der Waals surface area contributed by atoms with Gasteiger partial charge >= 0.3 is 5.97 Å². The van der Waals surface area contributed by atoms with Crippen LogP contribution in [0.5, 0.6) is 5.75 Å². The number of anilines is 1. The van der Waals surface area contributed by atoms with E-state index in [1.54, 1.807) is 19.2 Å². The van der Waals surface area contributed by atoms with Crippen LogP contribution in [0.2, 0.25) is 0 Å². The zero-order valence-electron chi connectivity index (χ0n) is 14.0. The Morgan fingerprint density at radius 2 is 2.08 bits per heavy atom. The fourth-order valence-corrected chi connectivity index (χ4v) is 2.86. The van der Waals surface area contributed by atoms with Crippen LogP contribution in [0, 0.1) is 11.6 Å². The van der Waals surface area contributed by atoms with Crippen molar-refractivity contribution in [1.82, 2.24) is 4.98 Å². The molecule has 0 atom stereocenters. The molecule has 132 valence electrons. The Balaban J connectivity index is 1.84. The molecule has 2 aromatic rings. The summed E-state index contributed by atoms with van der Waals surface area (Å²) >= 11 is 0. The van der Waals surface area contributed by atoms with Crippen LogP contribution in [-0.4, -0.2) is 31.2 Å². The van der Waals surface area contributed by atoms with E-state index in [9.17, 15) is 13.6 Å². The standard InChI is InChI=1S/C18H18F2N2O3/c1-3-25-18(23)15-6-11-4-5-22(10-12(11)9-21-15)13-7-14(19)17(20)16(8-13)24-2/h6-9H,3-5,10H2,1-2H3. The highest BCUT2D eigenvalue weighted by Gasteiger charge is 2.22. The third kappa shape index (κ3) is 3.40. The van der Waals surface area contributed by atoms with Crippen LogP contribution < -0.4 is 9.64 Å². The van der Waals surface area contributed by atoms with Gasteiger partial charge in [0.25, 0.3) is 0 Å². The third-order valence-corrected chi connectivity index (χ3v) is 4.14. The molecule has 3 rings (SSSR count). The molecular weight excluding hydrogens is 330 g/mol. The van der Waals surface area contributed by atoms with Gasteiger partial charge in [-0.2, -0.15) is 4.39 Å². The molecule has 0 aliphatic carbocycles. The van der Waals surface area contributed by atoms with E-state index < -0.39 is 17.6 Å². The maximum Gasteiger partial charge on any atom is 0.356 e. The van der Waals surface area contributed by atoms with Crippen molar-refractivity contribution in [3.63, 3.8) is 0 Å². The van der Waals surface area contributed by atoms with Crippen LogP contribution in [-0.2, 0) is 17.7 Å². The summed E-state index contributed by atoms with van der Waals surface area (Å²) in [5.74, 6) is -2.52. The zero-order valence-corrected chi connectivity index (χ0v) is 14.0. The van der Waals surface area contributed by atoms with Crippen molar-refractivity contribution in [2.45, 2.75) is 19.9 Å². The number of fused-ring (bicyclic) bond motifs is 1. The lowest BCUT2D eigenvalue weighted by molar-refractivity contribution is 0.0519. The summed E-state index contributed by atoms with van der Waals surface area (Å²) < 4.78 is 37.2. The Hall–Kier alpha value is -2.70. The van der Waals surface area contributed by atoms with Gasteiger partial charge < -0.3 is 14.4 Å². The molecule has 1 aromatic heterocycles. The van der Waals surface area contributed by atoms with Gasteiger partial charge in [0, 0.05) is 37.1 Å². The lowest BCUT2D eigenvalue weighted by Crippen LogP contribution is -2.31. The molecule has 0 radical (unpaired) electrons. The molecule has 0 saturated heterocycles. The van der Waals surface area contributed by atoms with Crippen molar-refractivity contribution < 1.29 is 23.0 Å². The number of carbonyl (C=O) groups excluding carboxylic acids is 1. The summed E-state index contributed by atoms with van der Waals surface area (Å²) in [6.07, 6.45) is 2.29. The number of rotatable bonds is 4. The van der Waals surface area contributed by atoms with E-state index in [4.69, 9.17) is 9.47 Å². The van der Waals surface area contributed by atoms with Gasteiger partial charge in [0.1, 0.15) is 5.69 Å². The number of esters is 1. The van der Waals surface area contributed by atoms with Crippen molar-refractivity contribution in [2.75, 3.05) is 25.2 Å². The Morgan fingerprint density at radius 1 is 1.28 bits per heavy atom. The minimum absolute atomic E-state index is 0.128. The molecule has 2 heterocycles. The highest BCUT2D eigenvalue weighted by Crippen LogP contribution is 2.30. The number of benzene rings is 1. The first-order valence-electron chi connectivity index (χ1n) is 7.96. The van der Waals surface area contributed by atoms with E-state index in [1.807, 2.05) is 4.90 Å². The number of halogens is 2. The van der Waals surface area contributed by atoms with Crippen LogP contribution in [0.4, 0.5) is 14.5 Å². The molecule has 0 saturated carbocycles. The molecule has 0 bridgehead atoms. The maximum absolute atomic E-state index is 13.7. The first-order valence-corrected chi connectivity index (χ1v) is 7.96. The molecule has 0 fully saturated rings. The van der Waals surface area contributed by atoms with E-state index in [2.05, 4.69) is 4.98 Å². The molecule has 0 spiro atoms. The molecule has 0 unspecified atom stereocenters. The fourth-order valence-electron chi connectivity index (χ4n) is 2.86. The zero-order chi connectivity index (χ0) is 18.0.